The number of phenols is 1. The van der Waals surface area contributed by atoms with Crippen molar-refractivity contribution in [3.63, 3.8) is 0 Å². The monoisotopic (exact) mass is 235 g/mol. The van der Waals surface area contributed by atoms with Crippen LogP contribution < -0.4 is 11.1 Å². The summed E-state index contributed by atoms with van der Waals surface area (Å²) in [6, 6.07) is 6.23. The lowest BCUT2D eigenvalue weighted by atomic mass is 10.3. The van der Waals surface area contributed by atoms with Crippen LogP contribution in [0.5, 0.6) is 5.75 Å². The van der Waals surface area contributed by atoms with Crippen molar-refractivity contribution in [1.82, 2.24) is 10.3 Å². The Morgan fingerprint density at radius 3 is 2.82 bits per heavy atom. The number of nitrogens with zero attached hydrogens (tertiary/aromatic N) is 3. The SMILES string of the molecule is Nc1nonc1/C(=N/O)Nc1cccc(O)c1. The third kappa shape index (κ3) is 2.25. The van der Waals surface area contributed by atoms with Crippen molar-refractivity contribution in [2.45, 2.75) is 0 Å². The van der Waals surface area contributed by atoms with E-state index in [0.29, 0.717) is 5.69 Å². The molecule has 17 heavy (non-hydrogen) atoms. The number of hydrogen-bond donors (Lipinski definition) is 4. The van der Waals surface area contributed by atoms with E-state index in [-0.39, 0.29) is 23.1 Å². The highest BCUT2D eigenvalue weighted by molar-refractivity contribution is 6.09. The summed E-state index contributed by atoms with van der Waals surface area (Å²) in [6.07, 6.45) is 0. The Bertz CT molecular complexity index is 551. The summed E-state index contributed by atoms with van der Waals surface area (Å²) < 4.78 is 4.38. The molecule has 0 saturated carbocycles. The number of nitrogen functional groups attached to an aromatic ring is 1. The molecule has 88 valence electrons. The van der Waals surface area contributed by atoms with E-state index in [2.05, 4.69) is 25.4 Å². The van der Waals surface area contributed by atoms with E-state index in [4.69, 9.17) is 10.9 Å². The van der Waals surface area contributed by atoms with Crippen LogP contribution >= 0.6 is 0 Å². The summed E-state index contributed by atoms with van der Waals surface area (Å²) in [5, 5.41) is 30.7. The van der Waals surface area contributed by atoms with Gasteiger partial charge in [-0.15, -0.1) is 0 Å². The zero-order chi connectivity index (χ0) is 12.3. The normalized spacial score (nSPS) is 11.4. The van der Waals surface area contributed by atoms with E-state index in [0.717, 1.165) is 0 Å². The molecule has 1 aromatic heterocycles. The molecule has 0 fully saturated rings. The Labute approximate surface area is 95.3 Å². The zero-order valence-electron chi connectivity index (χ0n) is 8.53. The van der Waals surface area contributed by atoms with Crippen LogP contribution in [0, 0.1) is 0 Å². The molecule has 2 rings (SSSR count). The number of oxime groups is 1. The average Bonchev–Trinajstić information content (AvgIpc) is 2.72. The molecule has 0 saturated heterocycles. The first-order valence-corrected chi connectivity index (χ1v) is 4.57. The van der Waals surface area contributed by atoms with Gasteiger partial charge in [-0.2, -0.15) is 0 Å². The molecule has 0 unspecified atom stereocenters. The van der Waals surface area contributed by atoms with Crippen molar-refractivity contribution in [2.24, 2.45) is 5.16 Å². The van der Waals surface area contributed by atoms with Crippen LogP contribution in [0.1, 0.15) is 5.69 Å². The number of amidine groups is 1. The number of nitrogens with two attached hydrogens (primary N) is 1. The first kappa shape index (κ1) is 10.7. The van der Waals surface area contributed by atoms with Gasteiger partial charge in [0.2, 0.25) is 5.84 Å². The lowest BCUT2D eigenvalue weighted by molar-refractivity contribution is 0.305. The Morgan fingerprint density at radius 1 is 1.41 bits per heavy atom. The van der Waals surface area contributed by atoms with E-state index in [1.165, 1.54) is 12.1 Å². The smallest absolute Gasteiger partial charge is 0.203 e. The Kier molecular flexibility index (Phi) is 2.77. The third-order valence-electron chi connectivity index (χ3n) is 1.95. The molecule has 8 heteroatoms. The molecule has 0 aliphatic carbocycles. The molecule has 0 spiro atoms. The second kappa shape index (κ2) is 4.39. The number of nitrogens with one attached hydrogen (secondary N) is 1. The maximum absolute atomic E-state index is 9.27. The molecule has 1 heterocycles. The van der Waals surface area contributed by atoms with Gasteiger partial charge in [-0.1, -0.05) is 11.2 Å². The van der Waals surface area contributed by atoms with Gasteiger partial charge in [0.1, 0.15) is 5.75 Å². The Morgan fingerprint density at radius 2 is 2.24 bits per heavy atom. The largest absolute Gasteiger partial charge is 0.508 e. The predicted molar refractivity (Wildman–Crippen MR) is 58.8 cm³/mol. The zero-order valence-corrected chi connectivity index (χ0v) is 8.53. The molecule has 0 aliphatic heterocycles. The second-order valence-electron chi connectivity index (χ2n) is 3.12. The highest BCUT2D eigenvalue weighted by atomic mass is 16.6. The quantitative estimate of drug-likeness (QED) is 0.259. The molecule has 1 aromatic carbocycles. The van der Waals surface area contributed by atoms with Crippen molar-refractivity contribution in [3.05, 3.63) is 30.0 Å². The van der Waals surface area contributed by atoms with Crippen LogP contribution in [0.25, 0.3) is 0 Å². The van der Waals surface area contributed by atoms with Gasteiger partial charge in [-0.25, -0.2) is 4.63 Å². The maximum atomic E-state index is 9.27. The minimum absolute atomic E-state index is 0.00884. The lowest BCUT2D eigenvalue weighted by Crippen LogP contribution is -2.15. The first-order chi connectivity index (χ1) is 8.20. The topological polar surface area (TPSA) is 130 Å². The average molecular weight is 235 g/mol. The molecule has 0 atom stereocenters. The minimum Gasteiger partial charge on any atom is -0.508 e. The van der Waals surface area contributed by atoms with E-state index in [1.54, 1.807) is 12.1 Å². The fraction of sp³-hybridized carbons (Fsp3) is 0. The summed E-state index contributed by atoms with van der Waals surface area (Å²) in [5.41, 5.74) is 6.03. The molecular weight excluding hydrogens is 226 g/mol. The van der Waals surface area contributed by atoms with Gasteiger partial charge in [0, 0.05) is 11.8 Å². The minimum atomic E-state index is -0.0330. The van der Waals surface area contributed by atoms with Crippen LogP contribution in [-0.2, 0) is 0 Å². The molecule has 0 aliphatic rings. The molecule has 0 bridgehead atoms. The Balaban J connectivity index is 2.26. The van der Waals surface area contributed by atoms with Crippen LogP contribution in [0.3, 0.4) is 0 Å². The first-order valence-electron chi connectivity index (χ1n) is 4.57. The van der Waals surface area contributed by atoms with Crippen LogP contribution in [0.2, 0.25) is 0 Å². The number of aromatic hydroxyl groups is 1. The van der Waals surface area contributed by atoms with Gasteiger partial charge in [-0.3, -0.25) is 0 Å². The summed E-state index contributed by atoms with van der Waals surface area (Å²) in [4.78, 5) is 0. The van der Waals surface area contributed by atoms with Gasteiger partial charge >= 0.3 is 0 Å². The van der Waals surface area contributed by atoms with Crippen molar-refractivity contribution >= 4 is 17.3 Å². The van der Waals surface area contributed by atoms with Gasteiger partial charge in [0.05, 0.1) is 0 Å². The van der Waals surface area contributed by atoms with Gasteiger partial charge in [0.25, 0.3) is 0 Å². The standard InChI is InChI=1S/C9H9N5O3/c10-8-7(13-17-14-8)9(12-16)11-5-2-1-3-6(15)4-5/h1-4,15-16H,(H2,10,14)(H,11,12). The van der Waals surface area contributed by atoms with Crippen molar-refractivity contribution in [3.8, 4) is 5.75 Å². The molecular formula is C9H9N5O3. The molecule has 0 amide bonds. The van der Waals surface area contributed by atoms with Gasteiger partial charge < -0.3 is 21.4 Å². The number of hydrogen-bond acceptors (Lipinski definition) is 7. The second-order valence-corrected chi connectivity index (χ2v) is 3.12. The number of benzene rings is 1. The lowest BCUT2D eigenvalue weighted by Gasteiger charge is -2.05. The number of rotatable bonds is 2. The number of aromatic nitrogens is 2. The summed E-state index contributed by atoms with van der Waals surface area (Å²) >= 11 is 0. The van der Waals surface area contributed by atoms with E-state index >= 15 is 0 Å². The maximum Gasteiger partial charge on any atom is 0.203 e. The summed E-state index contributed by atoms with van der Waals surface area (Å²) in [5.74, 6) is 0.0262. The predicted octanol–water partition coefficient (Wildman–Crippen LogP) is 0.605. The van der Waals surface area contributed by atoms with Gasteiger partial charge in [0.15, 0.2) is 11.5 Å². The van der Waals surface area contributed by atoms with Gasteiger partial charge in [-0.05, 0) is 22.4 Å². The summed E-state index contributed by atoms with van der Waals surface area (Å²) in [6.45, 7) is 0. The van der Waals surface area contributed by atoms with Crippen LogP contribution in [0.15, 0.2) is 34.1 Å². The summed E-state index contributed by atoms with van der Waals surface area (Å²) in [7, 11) is 0. The third-order valence-corrected chi connectivity index (χ3v) is 1.95. The molecule has 8 nitrogen and oxygen atoms in total. The number of phenolic OH excluding ortho intramolecular Hbond substituents is 1. The fourth-order valence-corrected chi connectivity index (χ4v) is 1.21. The molecule has 5 N–H and O–H groups in total. The van der Waals surface area contributed by atoms with Crippen molar-refractivity contribution < 1.29 is 14.9 Å². The van der Waals surface area contributed by atoms with Crippen molar-refractivity contribution in [1.29, 1.82) is 0 Å². The van der Waals surface area contributed by atoms with Crippen LogP contribution in [0.4, 0.5) is 11.5 Å². The highest BCUT2D eigenvalue weighted by Crippen LogP contribution is 2.17. The van der Waals surface area contributed by atoms with E-state index in [1.807, 2.05) is 0 Å². The van der Waals surface area contributed by atoms with E-state index in [9.17, 15) is 5.11 Å². The van der Waals surface area contributed by atoms with Crippen LogP contribution in [-0.4, -0.2) is 26.5 Å². The molecule has 0 radical (unpaired) electrons. The van der Waals surface area contributed by atoms with Crippen molar-refractivity contribution in [2.75, 3.05) is 11.1 Å². The number of anilines is 2. The Hall–Kier alpha value is -2.77. The fourth-order valence-electron chi connectivity index (χ4n) is 1.21. The van der Waals surface area contributed by atoms with E-state index < -0.39 is 0 Å². The molecule has 2 aromatic rings. The highest BCUT2D eigenvalue weighted by Gasteiger charge is 2.14.